The largest absolute Gasteiger partial charge is 0.365 e. The number of nitrogens with two attached hydrogens (primary N) is 1. The van der Waals surface area contributed by atoms with E-state index >= 15 is 0 Å². The van der Waals surface area contributed by atoms with Crippen LogP contribution in [0.1, 0.15) is 59.8 Å². The second-order valence-corrected chi connectivity index (χ2v) is 12.0. The highest BCUT2D eigenvalue weighted by Crippen LogP contribution is 2.46. The molecule has 3 aliphatic heterocycles. The summed E-state index contributed by atoms with van der Waals surface area (Å²) < 4.78 is 0. The molecule has 2 N–H and O–H groups in total. The summed E-state index contributed by atoms with van der Waals surface area (Å²) in [7, 11) is 0. The zero-order valence-corrected chi connectivity index (χ0v) is 21.4. The van der Waals surface area contributed by atoms with Crippen LogP contribution in [0.2, 0.25) is 0 Å². The minimum Gasteiger partial charge on any atom is -0.365 e. The summed E-state index contributed by atoms with van der Waals surface area (Å²) in [6.07, 6.45) is 15.5. The Kier molecular flexibility index (Phi) is 6.17. The molecular formula is C27H35N5OS. The summed E-state index contributed by atoms with van der Waals surface area (Å²) in [5.74, 6) is 1.66. The molecule has 1 fully saturated rings. The Morgan fingerprint density at radius 3 is 2.71 bits per heavy atom. The van der Waals surface area contributed by atoms with Crippen LogP contribution in [0.5, 0.6) is 0 Å². The van der Waals surface area contributed by atoms with E-state index in [9.17, 15) is 4.79 Å². The monoisotopic (exact) mass is 477 g/mol. The van der Waals surface area contributed by atoms with Gasteiger partial charge in [-0.2, -0.15) is 5.10 Å². The number of hydrogen-bond acceptors (Lipinski definition) is 6. The summed E-state index contributed by atoms with van der Waals surface area (Å²) >= 11 is 1.85. The van der Waals surface area contributed by atoms with E-state index < -0.39 is 5.91 Å². The van der Waals surface area contributed by atoms with Crippen molar-refractivity contribution in [2.45, 2.75) is 71.9 Å². The van der Waals surface area contributed by atoms with Gasteiger partial charge in [0.05, 0.1) is 34.6 Å². The maximum absolute atomic E-state index is 12.2. The Bertz CT molecular complexity index is 1110. The van der Waals surface area contributed by atoms with E-state index in [0.717, 1.165) is 37.1 Å². The second kappa shape index (κ2) is 8.99. The van der Waals surface area contributed by atoms with Gasteiger partial charge in [0, 0.05) is 24.6 Å². The highest BCUT2D eigenvalue weighted by atomic mass is 32.2. The van der Waals surface area contributed by atoms with Gasteiger partial charge < -0.3 is 5.73 Å². The third-order valence-electron chi connectivity index (χ3n) is 8.54. The molecule has 7 heteroatoms. The number of thioether (sulfide) groups is 1. The van der Waals surface area contributed by atoms with Crippen molar-refractivity contribution in [2.75, 3.05) is 5.75 Å². The van der Waals surface area contributed by atoms with Crippen LogP contribution >= 0.6 is 11.8 Å². The van der Waals surface area contributed by atoms with Crippen molar-refractivity contribution in [3.63, 3.8) is 0 Å². The third-order valence-corrected chi connectivity index (χ3v) is 9.54. The number of amides is 1. The predicted octanol–water partition coefficient (Wildman–Crippen LogP) is 5.01. The first-order valence-corrected chi connectivity index (χ1v) is 13.4. The lowest BCUT2D eigenvalue weighted by Crippen LogP contribution is -2.32. The lowest BCUT2D eigenvalue weighted by atomic mass is 9.77. The Hall–Kier alpha value is -2.41. The first kappa shape index (κ1) is 23.3. The number of fused-ring (bicyclic) bond motifs is 1. The molecule has 3 heterocycles. The molecule has 0 spiro atoms. The number of rotatable bonds is 5. The SMILES string of the molecule is CC1=NC(C2=CC=C(C3=CN4N=CC(C(N)=O)=C(N=CC5CCC(C)C5(C)C)C4C3)CC2)CS1. The van der Waals surface area contributed by atoms with Crippen molar-refractivity contribution in [3.05, 3.63) is 46.3 Å². The number of allylic oxidation sites excluding steroid dienone is 3. The predicted molar refractivity (Wildman–Crippen MR) is 142 cm³/mol. The van der Waals surface area contributed by atoms with Gasteiger partial charge >= 0.3 is 0 Å². The molecular weight excluding hydrogens is 442 g/mol. The Morgan fingerprint density at radius 1 is 1.26 bits per heavy atom. The quantitative estimate of drug-likeness (QED) is 0.565. The molecule has 4 atom stereocenters. The van der Waals surface area contributed by atoms with E-state index in [1.54, 1.807) is 6.21 Å². The number of aliphatic imine (C=N–C) groups is 2. The molecule has 4 unspecified atom stereocenters. The highest BCUT2D eigenvalue weighted by molar-refractivity contribution is 8.14. The van der Waals surface area contributed by atoms with Gasteiger partial charge in [0.15, 0.2) is 0 Å². The molecule has 0 aromatic rings. The van der Waals surface area contributed by atoms with Gasteiger partial charge in [0.2, 0.25) is 0 Å². The van der Waals surface area contributed by atoms with Crippen molar-refractivity contribution < 1.29 is 4.79 Å². The molecule has 0 aromatic heterocycles. The summed E-state index contributed by atoms with van der Waals surface area (Å²) in [4.78, 5) is 21.9. The summed E-state index contributed by atoms with van der Waals surface area (Å²) in [5, 5.41) is 7.68. The smallest absolute Gasteiger partial charge is 0.252 e. The van der Waals surface area contributed by atoms with E-state index in [0.29, 0.717) is 23.5 Å². The van der Waals surface area contributed by atoms with Gasteiger partial charge in [0.25, 0.3) is 5.91 Å². The first-order chi connectivity index (χ1) is 16.2. The molecule has 5 rings (SSSR count). The highest BCUT2D eigenvalue weighted by Gasteiger charge is 2.40. The fraction of sp³-hybridized carbons (Fsp3) is 0.556. The fourth-order valence-electron chi connectivity index (χ4n) is 5.73. The normalized spacial score (nSPS) is 32.6. The van der Waals surface area contributed by atoms with Crippen LogP contribution in [0, 0.1) is 17.3 Å². The topological polar surface area (TPSA) is 83.4 Å². The van der Waals surface area contributed by atoms with Crippen molar-refractivity contribution in [2.24, 2.45) is 38.1 Å². The molecule has 0 radical (unpaired) electrons. The Labute approximate surface area is 206 Å². The van der Waals surface area contributed by atoms with E-state index in [4.69, 9.17) is 15.7 Å². The molecule has 180 valence electrons. The van der Waals surface area contributed by atoms with Gasteiger partial charge in [-0.15, -0.1) is 11.8 Å². The van der Waals surface area contributed by atoms with Crippen LogP contribution in [-0.4, -0.2) is 46.2 Å². The van der Waals surface area contributed by atoms with Crippen molar-refractivity contribution in [3.8, 4) is 0 Å². The van der Waals surface area contributed by atoms with Gasteiger partial charge in [-0.05, 0) is 66.6 Å². The second-order valence-electron chi connectivity index (χ2n) is 10.8. The average Bonchev–Trinajstić information content (AvgIpc) is 3.50. The van der Waals surface area contributed by atoms with Crippen LogP contribution < -0.4 is 5.73 Å². The van der Waals surface area contributed by atoms with E-state index in [2.05, 4.69) is 57.4 Å². The molecule has 2 aliphatic carbocycles. The van der Waals surface area contributed by atoms with Gasteiger partial charge in [-0.3, -0.25) is 19.8 Å². The van der Waals surface area contributed by atoms with Gasteiger partial charge in [-0.1, -0.05) is 32.9 Å². The van der Waals surface area contributed by atoms with Crippen LogP contribution in [-0.2, 0) is 4.79 Å². The summed E-state index contributed by atoms with van der Waals surface area (Å²) in [5.41, 5.74) is 11.2. The number of nitrogens with zero attached hydrogens (tertiary/aromatic N) is 4. The molecule has 1 saturated carbocycles. The van der Waals surface area contributed by atoms with E-state index in [-0.39, 0.29) is 11.5 Å². The van der Waals surface area contributed by atoms with Crippen molar-refractivity contribution >= 4 is 35.1 Å². The zero-order chi connectivity index (χ0) is 24.0. The zero-order valence-electron chi connectivity index (χ0n) is 20.6. The Balaban J connectivity index is 1.36. The first-order valence-electron chi connectivity index (χ1n) is 12.4. The minimum atomic E-state index is -0.460. The van der Waals surface area contributed by atoms with Crippen LogP contribution in [0.25, 0.3) is 0 Å². The number of carbonyl (C=O) groups excluding carboxylic acids is 1. The molecule has 5 aliphatic rings. The molecule has 0 bridgehead atoms. The van der Waals surface area contributed by atoms with Crippen LogP contribution in [0.3, 0.4) is 0 Å². The number of hydrazone groups is 1. The van der Waals surface area contributed by atoms with E-state index in [1.807, 2.05) is 16.8 Å². The summed E-state index contributed by atoms with van der Waals surface area (Å²) in [6, 6.07) is 0.256. The maximum atomic E-state index is 12.2. The number of primary amides is 1. The lowest BCUT2D eigenvalue weighted by Gasteiger charge is -2.30. The fourth-order valence-corrected chi connectivity index (χ4v) is 6.62. The van der Waals surface area contributed by atoms with Crippen molar-refractivity contribution in [1.82, 2.24) is 5.01 Å². The number of hydrogen-bond donors (Lipinski definition) is 1. The minimum absolute atomic E-state index is 0.0783. The molecule has 1 amide bonds. The van der Waals surface area contributed by atoms with Gasteiger partial charge in [0.1, 0.15) is 0 Å². The number of carbonyl (C=O) groups is 1. The van der Waals surface area contributed by atoms with Gasteiger partial charge in [-0.25, -0.2) is 0 Å². The van der Waals surface area contributed by atoms with Crippen molar-refractivity contribution in [1.29, 1.82) is 0 Å². The standard InChI is InChI=1S/C27H35N5OS/c1-16-5-10-21(27(16,3)4)12-29-25-22(26(28)33)13-30-32-14-20(11-24(25)32)18-6-8-19(9-7-18)23-15-34-17(2)31-23/h6,8,12-14,16,21,23-24H,5,7,9-11,15H2,1-4H3,(H2,28,33). The average molecular weight is 478 g/mol. The van der Waals surface area contributed by atoms with E-state index in [1.165, 1.54) is 28.2 Å². The molecule has 6 nitrogen and oxygen atoms in total. The van der Waals surface area contributed by atoms with Crippen LogP contribution in [0.15, 0.2) is 61.4 Å². The molecule has 0 aromatic carbocycles. The third kappa shape index (κ3) is 4.23. The maximum Gasteiger partial charge on any atom is 0.252 e. The molecule has 34 heavy (non-hydrogen) atoms. The Morgan fingerprint density at radius 2 is 2.09 bits per heavy atom. The summed E-state index contributed by atoms with van der Waals surface area (Å²) in [6.45, 7) is 9.06. The molecule has 0 saturated heterocycles. The van der Waals surface area contributed by atoms with Crippen LogP contribution in [0.4, 0.5) is 0 Å². The lowest BCUT2D eigenvalue weighted by molar-refractivity contribution is -0.114.